The third kappa shape index (κ3) is 4.23. The van der Waals surface area contributed by atoms with Crippen molar-refractivity contribution in [2.24, 2.45) is 0 Å². The Kier molecular flexibility index (Phi) is 5.01. The molecule has 0 aliphatic carbocycles. The summed E-state index contributed by atoms with van der Waals surface area (Å²) >= 11 is 0. The second-order valence-corrected chi connectivity index (χ2v) is 3.45. The van der Waals surface area contributed by atoms with Gasteiger partial charge in [-0.1, -0.05) is 30.3 Å². The van der Waals surface area contributed by atoms with E-state index in [1.54, 1.807) is 14.0 Å². The van der Waals surface area contributed by atoms with Crippen molar-refractivity contribution in [3.8, 4) is 0 Å². The fourth-order valence-electron chi connectivity index (χ4n) is 1.27. The fourth-order valence-corrected chi connectivity index (χ4v) is 1.27. The first-order valence-corrected chi connectivity index (χ1v) is 5.03. The van der Waals surface area contributed by atoms with Crippen molar-refractivity contribution in [2.45, 2.75) is 19.6 Å². The Balaban J connectivity index is 2.30. The number of likely N-dealkylation sites (N-methyl/N-ethyl adjacent to an activating group) is 1. The Labute approximate surface area is 90.4 Å². The highest BCUT2D eigenvalue weighted by Gasteiger charge is 2.10. The van der Waals surface area contributed by atoms with Crippen molar-refractivity contribution in [1.82, 2.24) is 5.32 Å². The number of hydrogen-bond acceptors (Lipinski definition) is 3. The van der Waals surface area contributed by atoms with Crippen molar-refractivity contribution in [3.63, 3.8) is 0 Å². The van der Waals surface area contributed by atoms with Gasteiger partial charge in [0.05, 0.1) is 19.3 Å². The average Bonchev–Trinajstić information content (AvgIpc) is 2.25. The third-order valence-corrected chi connectivity index (χ3v) is 2.24. The van der Waals surface area contributed by atoms with Crippen LogP contribution in [0.1, 0.15) is 12.5 Å². The fraction of sp³-hybridized carbons (Fsp3) is 0.417. The summed E-state index contributed by atoms with van der Waals surface area (Å²) in [6, 6.07) is 9.71. The largest absolute Gasteiger partial charge is 0.375 e. The predicted octanol–water partition coefficient (Wildman–Crippen LogP) is 1.38. The molecular weight excluding hydrogens is 190 g/mol. The number of Topliss-reactive ketones (excluding diaryl/α,β-unsaturated/α-hetero) is 1. The molecule has 3 nitrogen and oxygen atoms in total. The molecule has 1 aromatic rings. The normalized spacial score (nSPS) is 12.4. The van der Waals surface area contributed by atoms with Crippen LogP contribution < -0.4 is 5.32 Å². The van der Waals surface area contributed by atoms with Crippen molar-refractivity contribution in [2.75, 3.05) is 13.7 Å². The van der Waals surface area contributed by atoms with Gasteiger partial charge in [0, 0.05) is 0 Å². The van der Waals surface area contributed by atoms with Crippen LogP contribution >= 0.6 is 0 Å². The lowest BCUT2D eigenvalue weighted by Crippen LogP contribution is -2.36. The minimum atomic E-state index is -0.200. The number of ketones is 1. The molecule has 0 amide bonds. The lowest BCUT2D eigenvalue weighted by atomic mass is 10.2. The number of hydrogen-bond donors (Lipinski definition) is 1. The van der Waals surface area contributed by atoms with E-state index in [1.165, 1.54) is 0 Å². The summed E-state index contributed by atoms with van der Waals surface area (Å²) in [6.45, 7) is 2.53. The maximum atomic E-state index is 11.1. The predicted molar refractivity (Wildman–Crippen MR) is 59.6 cm³/mol. The number of carbonyl (C=O) groups excluding carboxylic acids is 1. The second kappa shape index (κ2) is 6.32. The standard InChI is InChI=1S/C12H17NO2/c1-10(14)12(13-2)9-15-8-11-6-4-3-5-7-11/h3-7,12-13H,8-9H2,1-2H3. The number of benzene rings is 1. The molecule has 1 N–H and O–H groups in total. The van der Waals surface area contributed by atoms with Crippen LogP contribution in [0.3, 0.4) is 0 Å². The van der Waals surface area contributed by atoms with E-state index < -0.39 is 0 Å². The lowest BCUT2D eigenvalue weighted by molar-refractivity contribution is -0.120. The molecule has 1 atom stereocenters. The Bertz CT molecular complexity index is 298. The molecule has 0 radical (unpaired) electrons. The maximum absolute atomic E-state index is 11.1. The SMILES string of the molecule is CNC(COCc1ccccc1)C(C)=O. The van der Waals surface area contributed by atoms with Crippen LogP contribution in [0.15, 0.2) is 30.3 Å². The quantitative estimate of drug-likeness (QED) is 0.766. The van der Waals surface area contributed by atoms with E-state index in [2.05, 4.69) is 5.32 Å². The van der Waals surface area contributed by atoms with Gasteiger partial charge in [0.1, 0.15) is 5.78 Å². The number of rotatable bonds is 6. The molecule has 82 valence electrons. The molecule has 1 aromatic carbocycles. The summed E-state index contributed by atoms with van der Waals surface area (Å²) in [5, 5.41) is 2.91. The van der Waals surface area contributed by atoms with Gasteiger partial charge in [-0.15, -0.1) is 0 Å². The Morgan fingerprint density at radius 2 is 2.07 bits per heavy atom. The van der Waals surface area contributed by atoms with Gasteiger partial charge >= 0.3 is 0 Å². The summed E-state index contributed by atoms with van der Waals surface area (Å²) in [4.78, 5) is 11.1. The van der Waals surface area contributed by atoms with Gasteiger partial charge in [-0.3, -0.25) is 4.79 Å². The minimum absolute atomic E-state index is 0.102. The molecule has 1 unspecified atom stereocenters. The Morgan fingerprint density at radius 1 is 1.40 bits per heavy atom. The summed E-state index contributed by atoms with van der Waals surface area (Å²) in [5.74, 6) is 0.102. The van der Waals surface area contributed by atoms with Crippen LogP contribution in [-0.4, -0.2) is 25.5 Å². The zero-order chi connectivity index (χ0) is 11.1. The highest BCUT2D eigenvalue weighted by molar-refractivity contribution is 5.81. The van der Waals surface area contributed by atoms with E-state index in [0.717, 1.165) is 5.56 Å². The van der Waals surface area contributed by atoms with Gasteiger partial charge in [-0.2, -0.15) is 0 Å². The van der Waals surface area contributed by atoms with Crippen LogP contribution in [0.25, 0.3) is 0 Å². The zero-order valence-corrected chi connectivity index (χ0v) is 9.19. The van der Waals surface area contributed by atoms with Crippen LogP contribution in [-0.2, 0) is 16.1 Å². The van der Waals surface area contributed by atoms with E-state index >= 15 is 0 Å². The highest BCUT2D eigenvalue weighted by atomic mass is 16.5. The van der Waals surface area contributed by atoms with Crippen LogP contribution in [0.2, 0.25) is 0 Å². The molecule has 0 heterocycles. The molecule has 1 rings (SSSR count). The molecule has 15 heavy (non-hydrogen) atoms. The van der Waals surface area contributed by atoms with Gasteiger partial charge in [-0.25, -0.2) is 0 Å². The van der Waals surface area contributed by atoms with Crippen molar-refractivity contribution >= 4 is 5.78 Å². The van der Waals surface area contributed by atoms with E-state index in [1.807, 2.05) is 30.3 Å². The van der Waals surface area contributed by atoms with E-state index in [0.29, 0.717) is 13.2 Å². The molecular formula is C12H17NO2. The molecule has 0 aliphatic rings. The average molecular weight is 207 g/mol. The van der Waals surface area contributed by atoms with Gasteiger partial charge in [0.25, 0.3) is 0 Å². The minimum Gasteiger partial charge on any atom is -0.375 e. The molecule has 0 spiro atoms. The second-order valence-electron chi connectivity index (χ2n) is 3.45. The Morgan fingerprint density at radius 3 is 2.60 bits per heavy atom. The summed E-state index contributed by atoms with van der Waals surface area (Å²) in [6.07, 6.45) is 0. The number of ether oxygens (including phenoxy) is 1. The molecule has 0 bridgehead atoms. The highest BCUT2D eigenvalue weighted by Crippen LogP contribution is 2.01. The van der Waals surface area contributed by atoms with Crippen LogP contribution in [0.5, 0.6) is 0 Å². The molecule has 3 heteroatoms. The van der Waals surface area contributed by atoms with Crippen LogP contribution in [0, 0.1) is 0 Å². The topological polar surface area (TPSA) is 38.3 Å². The molecule has 0 saturated heterocycles. The number of nitrogens with one attached hydrogen (secondary N) is 1. The molecule has 0 fully saturated rings. The first-order valence-electron chi connectivity index (χ1n) is 5.03. The number of carbonyl (C=O) groups is 1. The Hall–Kier alpha value is -1.19. The van der Waals surface area contributed by atoms with Gasteiger partial charge in [0.15, 0.2) is 0 Å². The lowest BCUT2D eigenvalue weighted by Gasteiger charge is -2.12. The molecule has 0 saturated carbocycles. The smallest absolute Gasteiger partial charge is 0.149 e. The molecule has 0 aliphatic heterocycles. The van der Waals surface area contributed by atoms with E-state index in [-0.39, 0.29) is 11.8 Å². The summed E-state index contributed by atoms with van der Waals surface area (Å²) in [7, 11) is 1.76. The summed E-state index contributed by atoms with van der Waals surface area (Å²) < 4.78 is 5.45. The van der Waals surface area contributed by atoms with E-state index in [4.69, 9.17) is 4.74 Å². The van der Waals surface area contributed by atoms with Crippen molar-refractivity contribution in [1.29, 1.82) is 0 Å². The van der Waals surface area contributed by atoms with Gasteiger partial charge in [-0.05, 0) is 19.5 Å². The molecule has 0 aromatic heterocycles. The monoisotopic (exact) mass is 207 g/mol. The van der Waals surface area contributed by atoms with Gasteiger partial charge < -0.3 is 10.1 Å². The van der Waals surface area contributed by atoms with Crippen molar-refractivity contribution in [3.05, 3.63) is 35.9 Å². The van der Waals surface area contributed by atoms with E-state index in [9.17, 15) is 4.79 Å². The maximum Gasteiger partial charge on any atom is 0.149 e. The van der Waals surface area contributed by atoms with Gasteiger partial charge in [0.2, 0.25) is 0 Å². The van der Waals surface area contributed by atoms with Crippen LogP contribution in [0.4, 0.5) is 0 Å². The zero-order valence-electron chi connectivity index (χ0n) is 9.19. The third-order valence-electron chi connectivity index (χ3n) is 2.24. The first-order chi connectivity index (χ1) is 7.24. The first kappa shape index (κ1) is 11.9. The summed E-state index contributed by atoms with van der Waals surface area (Å²) in [5.41, 5.74) is 1.12. The van der Waals surface area contributed by atoms with Crippen molar-refractivity contribution < 1.29 is 9.53 Å².